The van der Waals surface area contributed by atoms with E-state index in [-0.39, 0.29) is 17.9 Å². The van der Waals surface area contributed by atoms with Crippen molar-refractivity contribution in [1.82, 2.24) is 5.32 Å². The fraction of sp³-hybridized carbons (Fsp3) is 0.533. The van der Waals surface area contributed by atoms with Gasteiger partial charge in [-0.3, -0.25) is 4.79 Å². The van der Waals surface area contributed by atoms with Gasteiger partial charge in [0.25, 0.3) is 0 Å². The normalized spacial score (nSPS) is 24.9. The first-order valence-corrected chi connectivity index (χ1v) is 6.90. The summed E-state index contributed by atoms with van der Waals surface area (Å²) in [7, 11) is 0. The lowest BCUT2D eigenvalue weighted by Gasteiger charge is -2.30. The number of rotatable bonds is 4. The van der Waals surface area contributed by atoms with Crippen LogP contribution in [0.25, 0.3) is 0 Å². The van der Waals surface area contributed by atoms with Gasteiger partial charge in [-0.05, 0) is 50.3 Å². The lowest BCUT2D eigenvalue weighted by atomic mass is 9.85. The summed E-state index contributed by atoms with van der Waals surface area (Å²) >= 11 is 0. The smallest absolute Gasteiger partial charge is 0.220 e. The molecule has 0 aliphatic heterocycles. The SMILES string of the molecule is CC(NC1CCC(C(N)=O)CC1)c1cccc(O)c1. The second kappa shape index (κ2) is 6.06. The molecule has 1 saturated carbocycles. The maximum Gasteiger partial charge on any atom is 0.220 e. The van der Waals surface area contributed by atoms with E-state index in [4.69, 9.17) is 5.73 Å². The molecule has 1 unspecified atom stereocenters. The Kier molecular flexibility index (Phi) is 4.43. The van der Waals surface area contributed by atoms with Gasteiger partial charge in [0.05, 0.1) is 0 Å². The predicted octanol–water partition coefficient (Wildman–Crippen LogP) is 2.09. The molecule has 1 fully saturated rings. The minimum atomic E-state index is -0.167. The van der Waals surface area contributed by atoms with Crippen molar-refractivity contribution >= 4 is 5.91 Å². The van der Waals surface area contributed by atoms with Gasteiger partial charge in [0, 0.05) is 18.0 Å². The Morgan fingerprint density at radius 1 is 1.37 bits per heavy atom. The number of carbonyl (C=O) groups is 1. The summed E-state index contributed by atoms with van der Waals surface area (Å²) in [6.07, 6.45) is 3.72. The van der Waals surface area contributed by atoms with Gasteiger partial charge >= 0.3 is 0 Å². The maximum absolute atomic E-state index is 11.1. The summed E-state index contributed by atoms with van der Waals surface area (Å²) in [6, 6.07) is 7.94. The maximum atomic E-state index is 11.1. The highest BCUT2D eigenvalue weighted by molar-refractivity contribution is 5.76. The Bertz CT molecular complexity index is 440. The number of hydrogen-bond acceptors (Lipinski definition) is 3. The lowest BCUT2D eigenvalue weighted by Crippen LogP contribution is -2.37. The number of amides is 1. The second-order valence-electron chi connectivity index (χ2n) is 5.43. The van der Waals surface area contributed by atoms with Crippen molar-refractivity contribution in [3.05, 3.63) is 29.8 Å². The average molecular weight is 262 g/mol. The number of primary amides is 1. The number of benzene rings is 1. The molecule has 0 bridgehead atoms. The molecule has 19 heavy (non-hydrogen) atoms. The standard InChI is InChI=1S/C15H22N2O2/c1-10(12-3-2-4-14(18)9-12)17-13-7-5-11(6-8-13)15(16)19/h2-4,9-11,13,17-18H,5-8H2,1H3,(H2,16,19). The monoisotopic (exact) mass is 262 g/mol. The van der Waals surface area contributed by atoms with Crippen LogP contribution in [0.4, 0.5) is 0 Å². The Balaban J connectivity index is 1.87. The first kappa shape index (κ1) is 13.9. The van der Waals surface area contributed by atoms with E-state index < -0.39 is 0 Å². The van der Waals surface area contributed by atoms with Crippen LogP contribution >= 0.6 is 0 Å². The summed E-state index contributed by atoms with van der Waals surface area (Å²) in [5, 5.41) is 13.0. The highest BCUT2D eigenvalue weighted by Crippen LogP contribution is 2.26. The van der Waals surface area contributed by atoms with E-state index in [9.17, 15) is 9.90 Å². The number of phenols is 1. The van der Waals surface area contributed by atoms with Gasteiger partial charge in [0.2, 0.25) is 5.91 Å². The third-order valence-corrected chi connectivity index (χ3v) is 3.99. The molecule has 4 N–H and O–H groups in total. The average Bonchev–Trinajstić information content (AvgIpc) is 2.39. The topological polar surface area (TPSA) is 75.3 Å². The molecule has 0 radical (unpaired) electrons. The van der Waals surface area contributed by atoms with E-state index in [1.54, 1.807) is 12.1 Å². The van der Waals surface area contributed by atoms with E-state index >= 15 is 0 Å². The summed E-state index contributed by atoms with van der Waals surface area (Å²) in [4.78, 5) is 11.1. The Hall–Kier alpha value is -1.55. The molecule has 104 valence electrons. The van der Waals surface area contributed by atoms with Crippen LogP contribution in [-0.2, 0) is 4.79 Å². The van der Waals surface area contributed by atoms with E-state index in [1.807, 2.05) is 12.1 Å². The van der Waals surface area contributed by atoms with Gasteiger partial charge in [-0.1, -0.05) is 12.1 Å². The highest BCUT2D eigenvalue weighted by atomic mass is 16.3. The van der Waals surface area contributed by atoms with Crippen molar-refractivity contribution < 1.29 is 9.90 Å². The number of phenolic OH excluding ortho intramolecular Hbond substituents is 1. The van der Waals surface area contributed by atoms with Crippen LogP contribution < -0.4 is 11.1 Å². The fourth-order valence-corrected chi connectivity index (χ4v) is 2.79. The summed E-state index contributed by atoms with van der Waals surface area (Å²) in [5.41, 5.74) is 6.42. The van der Waals surface area contributed by atoms with Crippen molar-refractivity contribution in [2.45, 2.75) is 44.7 Å². The number of nitrogens with one attached hydrogen (secondary N) is 1. The number of carbonyl (C=O) groups excluding carboxylic acids is 1. The van der Waals surface area contributed by atoms with E-state index in [0.29, 0.717) is 11.8 Å². The summed E-state index contributed by atoms with van der Waals surface area (Å²) < 4.78 is 0. The van der Waals surface area contributed by atoms with Crippen LogP contribution in [-0.4, -0.2) is 17.1 Å². The molecule has 0 saturated heterocycles. The number of aromatic hydroxyl groups is 1. The van der Waals surface area contributed by atoms with Crippen molar-refractivity contribution in [3.8, 4) is 5.75 Å². The molecule has 0 aromatic heterocycles. The van der Waals surface area contributed by atoms with Crippen molar-refractivity contribution in [2.24, 2.45) is 11.7 Å². The molecule has 1 aliphatic carbocycles. The molecule has 4 nitrogen and oxygen atoms in total. The largest absolute Gasteiger partial charge is 0.508 e. The van der Waals surface area contributed by atoms with Crippen LogP contribution in [0.2, 0.25) is 0 Å². The molecule has 1 aliphatic rings. The zero-order valence-electron chi connectivity index (χ0n) is 11.3. The first-order valence-electron chi connectivity index (χ1n) is 6.90. The van der Waals surface area contributed by atoms with Crippen LogP contribution in [0.5, 0.6) is 5.75 Å². The first-order chi connectivity index (χ1) is 9.06. The highest BCUT2D eigenvalue weighted by Gasteiger charge is 2.25. The molecule has 0 spiro atoms. The summed E-state index contributed by atoms with van der Waals surface area (Å²) in [5.74, 6) is 0.178. The molecule has 0 heterocycles. The van der Waals surface area contributed by atoms with Crippen LogP contribution in [0, 0.1) is 5.92 Å². The van der Waals surface area contributed by atoms with Gasteiger partial charge in [0.1, 0.15) is 5.75 Å². The van der Waals surface area contributed by atoms with E-state index in [0.717, 1.165) is 31.2 Å². The molecule has 1 atom stereocenters. The van der Waals surface area contributed by atoms with E-state index in [1.165, 1.54) is 0 Å². The molecular weight excluding hydrogens is 240 g/mol. The van der Waals surface area contributed by atoms with Gasteiger partial charge in [-0.25, -0.2) is 0 Å². The van der Waals surface area contributed by atoms with E-state index in [2.05, 4.69) is 12.2 Å². The lowest BCUT2D eigenvalue weighted by molar-refractivity contribution is -0.122. The third-order valence-electron chi connectivity index (χ3n) is 3.99. The van der Waals surface area contributed by atoms with Gasteiger partial charge in [0.15, 0.2) is 0 Å². The van der Waals surface area contributed by atoms with Crippen LogP contribution in [0.15, 0.2) is 24.3 Å². The van der Waals surface area contributed by atoms with Gasteiger partial charge in [-0.15, -0.1) is 0 Å². The quantitative estimate of drug-likeness (QED) is 0.777. The van der Waals surface area contributed by atoms with Crippen LogP contribution in [0.3, 0.4) is 0 Å². The Morgan fingerprint density at radius 3 is 2.63 bits per heavy atom. The van der Waals surface area contributed by atoms with Crippen molar-refractivity contribution in [2.75, 3.05) is 0 Å². The fourth-order valence-electron chi connectivity index (χ4n) is 2.79. The van der Waals surface area contributed by atoms with Crippen molar-refractivity contribution in [3.63, 3.8) is 0 Å². The zero-order chi connectivity index (χ0) is 13.8. The van der Waals surface area contributed by atoms with Crippen molar-refractivity contribution in [1.29, 1.82) is 0 Å². The summed E-state index contributed by atoms with van der Waals surface area (Å²) in [6.45, 7) is 2.09. The van der Waals surface area contributed by atoms with Gasteiger partial charge < -0.3 is 16.2 Å². The Morgan fingerprint density at radius 2 is 2.05 bits per heavy atom. The number of hydrogen-bond donors (Lipinski definition) is 3. The third kappa shape index (κ3) is 3.70. The molecule has 1 aromatic rings. The molecule has 2 rings (SSSR count). The molecule has 1 aromatic carbocycles. The number of nitrogens with two attached hydrogens (primary N) is 1. The second-order valence-corrected chi connectivity index (χ2v) is 5.43. The molecule has 4 heteroatoms. The molecule has 1 amide bonds. The molecular formula is C15H22N2O2. The Labute approximate surface area is 114 Å². The predicted molar refractivity (Wildman–Crippen MR) is 74.6 cm³/mol. The minimum absolute atomic E-state index is 0.0501. The van der Waals surface area contributed by atoms with Crippen LogP contribution in [0.1, 0.15) is 44.2 Å². The van der Waals surface area contributed by atoms with Gasteiger partial charge in [-0.2, -0.15) is 0 Å². The minimum Gasteiger partial charge on any atom is -0.508 e. The zero-order valence-corrected chi connectivity index (χ0v) is 11.3.